The smallest absolute Gasteiger partial charge is 0.0679 e. The van der Waals surface area contributed by atoms with E-state index in [9.17, 15) is 0 Å². The van der Waals surface area contributed by atoms with E-state index in [2.05, 4.69) is 69.5 Å². The Morgan fingerprint density at radius 2 is 1.68 bits per heavy atom. The van der Waals surface area contributed by atoms with Crippen molar-refractivity contribution in [2.75, 3.05) is 6.54 Å². The third-order valence-corrected chi connectivity index (χ3v) is 3.96. The Balaban J connectivity index is 1.98. The Kier molecular flexibility index (Phi) is 3.60. The second kappa shape index (κ2) is 5.54. The van der Waals surface area contributed by atoms with Gasteiger partial charge in [-0.15, -0.1) is 0 Å². The maximum atomic E-state index is 4.65. The van der Waals surface area contributed by atoms with E-state index in [0.717, 1.165) is 23.1 Å². The first kappa shape index (κ1) is 12.4. The molecule has 0 spiro atoms. The second-order valence-electron chi connectivity index (χ2n) is 4.54. The molecule has 0 saturated heterocycles. The van der Waals surface area contributed by atoms with Crippen molar-refractivity contribution >= 4 is 27.7 Å². The number of rotatable bonds is 2. The van der Waals surface area contributed by atoms with E-state index < -0.39 is 0 Å². The average Bonchev–Trinajstić information content (AvgIpc) is 2.91. The summed E-state index contributed by atoms with van der Waals surface area (Å²) in [6.45, 7) is 0.889. The minimum Gasteiger partial charge on any atom is -0.284 e. The molecule has 94 valence electrons. The van der Waals surface area contributed by atoms with Crippen molar-refractivity contribution in [3.8, 4) is 0 Å². The average molecular weight is 312 g/mol. The molecule has 1 aliphatic rings. The molecule has 0 unspecified atom stereocenters. The van der Waals surface area contributed by atoms with Crippen LogP contribution < -0.4 is 0 Å². The van der Waals surface area contributed by atoms with Gasteiger partial charge in [-0.1, -0.05) is 64.5 Å². The van der Waals surface area contributed by atoms with E-state index in [1.807, 2.05) is 12.1 Å². The molecular formula is C17H14BrN. The quantitative estimate of drug-likeness (QED) is 0.760. The Morgan fingerprint density at radius 1 is 0.947 bits per heavy atom. The molecule has 0 aliphatic carbocycles. The standard InChI is InChI=1S/C17H14BrN/c18-16-9-5-4-8-14(16)12-15-10-11-19-17(15)13-6-2-1-3-7-13/h1-9,12H,10-11H2/b15-12+. The van der Waals surface area contributed by atoms with Crippen LogP contribution in [0.4, 0.5) is 0 Å². The van der Waals surface area contributed by atoms with Gasteiger partial charge in [0.1, 0.15) is 0 Å². The second-order valence-corrected chi connectivity index (χ2v) is 5.39. The van der Waals surface area contributed by atoms with Crippen LogP contribution in [0.3, 0.4) is 0 Å². The summed E-state index contributed by atoms with van der Waals surface area (Å²) >= 11 is 3.60. The normalized spacial score (nSPS) is 16.7. The number of halogens is 1. The highest BCUT2D eigenvalue weighted by molar-refractivity contribution is 9.10. The van der Waals surface area contributed by atoms with E-state index >= 15 is 0 Å². The van der Waals surface area contributed by atoms with Gasteiger partial charge >= 0.3 is 0 Å². The van der Waals surface area contributed by atoms with Crippen molar-refractivity contribution < 1.29 is 0 Å². The molecule has 0 aromatic heterocycles. The van der Waals surface area contributed by atoms with Crippen LogP contribution in [-0.2, 0) is 0 Å². The lowest BCUT2D eigenvalue weighted by molar-refractivity contribution is 1.05. The molecule has 1 heterocycles. The molecule has 0 bridgehead atoms. The first-order chi connectivity index (χ1) is 9.34. The van der Waals surface area contributed by atoms with Crippen molar-refractivity contribution in [1.29, 1.82) is 0 Å². The van der Waals surface area contributed by atoms with Crippen molar-refractivity contribution in [2.45, 2.75) is 6.42 Å². The Hall–Kier alpha value is -1.67. The first-order valence-electron chi connectivity index (χ1n) is 6.40. The maximum Gasteiger partial charge on any atom is 0.0679 e. The van der Waals surface area contributed by atoms with Gasteiger partial charge in [-0.05, 0) is 35.3 Å². The third-order valence-electron chi connectivity index (χ3n) is 3.24. The number of hydrogen-bond acceptors (Lipinski definition) is 1. The molecule has 3 rings (SSSR count). The van der Waals surface area contributed by atoms with Gasteiger partial charge in [-0.25, -0.2) is 0 Å². The van der Waals surface area contributed by atoms with Crippen LogP contribution in [0.2, 0.25) is 0 Å². The molecule has 2 heteroatoms. The summed E-state index contributed by atoms with van der Waals surface area (Å²) in [5.41, 5.74) is 4.87. The lowest BCUT2D eigenvalue weighted by atomic mass is 10.00. The molecule has 0 saturated carbocycles. The molecule has 19 heavy (non-hydrogen) atoms. The summed E-state index contributed by atoms with van der Waals surface area (Å²) in [4.78, 5) is 4.65. The van der Waals surface area contributed by atoms with Gasteiger partial charge in [-0.3, -0.25) is 4.99 Å². The van der Waals surface area contributed by atoms with Crippen LogP contribution in [0.15, 0.2) is 69.6 Å². The van der Waals surface area contributed by atoms with Crippen molar-refractivity contribution in [1.82, 2.24) is 0 Å². The monoisotopic (exact) mass is 311 g/mol. The summed E-state index contributed by atoms with van der Waals surface area (Å²) in [6, 6.07) is 18.7. The largest absolute Gasteiger partial charge is 0.284 e. The van der Waals surface area contributed by atoms with E-state index in [4.69, 9.17) is 0 Å². The zero-order valence-corrected chi connectivity index (χ0v) is 12.1. The van der Waals surface area contributed by atoms with Crippen LogP contribution in [-0.4, -0.2) is 12.3 Å². The maximum absolute atomic E-state index is 4.65. The van der Waals surface area contributed by atoms with Gasteiger partial charge in [0.2, 0.25) is 0 Å². The van der Waals surface area contributed by atoms with Gasteiger partial charge in [0.25, 0.3) is 0 Å². The number of hydrogen-bond donors (Lipinski definition) is 0. The van der Waals surface area contributed by atoms with E-state index in [0.29, 0.717) is 0 Å². The minimum atomic E-state index is 0.889. The van der Waals surface area contributed by atoms with Gasteiger partial charge in [0.05, 0.1) is 5.71 Å². The van der Waals surface area contributed by atoms with Gasteiger partial charge in [0, 0.05) is 11.0 Å². The molecule has 1 nitrogen and oxygen atoms in total. The zero-order valence-electron chi connectivity index (χ0n) is 10.5. The lowest BCUT2D eigenvalue weighted by Gasteiger charge is -2.05. The SMILES string of the molecule is Brc1ccccc1/C=C1\CCN=C1c1ccccc1. The third kappa shape index (κ3) is 2.69. The fraction of sp³-hybridized carbons (Fsp3) is 0.118. The predicted octanol–water partition coefficient (Wildman–Crippen LogP) is 4.73. The molecular weight excluding hydrogens is 298 g/mol. The van der Waals surface area contributed by atoms with Gasteiger partial charge in [0.15, 0.2) is 0 Å². The summed E-state index contributed by atoms with van der Waals surface area (Å²) in [7, 11) is 0. The predicted molar refractivity (Wildman–Crippen MR) is 84.6 cm³/mol. The van der Waals surface area contributed by atoms with Crippen LogP contribution >= 0.6 is 15.9 Å². The van der Waals surface area contributed by atoms with Crippen molar-refractivity contribution in [3.05, 3.63) is 75.8 Å². The fourth-order valence-electron chi connectivity index (χ4n) is 2.30. The number of benzene rings is 2. The Bertz CT molecular complexity index is 641. The van der Waals surface area contributed by atoms with Crippen molar-refractivity contribution in [3.63, 3.8) is 0 Å². The molecule has 2 aromatic rings. The van der Waals surface area contributed by atoms with Crippen LogP contribution in [0.1, 0.15) is 17.5 Å². The summed E-state index contributed by atoms with van der Waals surface area (Å²) in [5, 5.41) is 0. The summed E-state index contributed by atoms with van der Waals surface area (Å²) < 4.78 is 1.13. The molecule has 0 N–H and O–H groups in total. The topological polar surface area (TPSA) is 12.4 Å². The molecule has 1 aliphatic heterocycles. The minimum absolute atomic E-state index is 0.889. The molecule has 0 fully saturated rings. The van der Waals surface area contributed by atoms with Gasteiger partial charge in [-0.2, -0.15) is 0 Å². The van der Waals surface area contributed by atoms with Crippen LogP contribution in [0.5, 0.6) is 0 Å². The van der Waals surface area contributed by atoms with E-state index in [1.165, 1.54) is 16.7 Å². The molecule has 0 atom stereocenters. The van der Waals surface area contributed by atoms with Crippen molar-refractivity contribution in [2.24, 2.45) is 4.99 Å². The van der Waals surface area contributed by atoms with Crippen LogP contribution in [0, 0.1) is 0 Å². The molecule has 2 aromatic carbocycles. The summed E-state index contributed by atoms with van der Waals surface area (Å²) in [6.07, 6.45) is 3.26. The lowest BCUT2D eigenvalue weighted by Crippen LogP contribution is -1.99. The molecule has 0 amide bonds. The Labute approximate surface area is 121 Å². The van der Waals surface area contributed by atoms with Crippen LogP contribution in [0.25, 0.3) is 6.08 Å². The zero-order chi connectivity index (χ0) is 13.1. The highest BCUT2D eigenvalue weighted by atomic mass is 79.9. The highest BCUT2D eigenvalue weighted by Crippen LogP contribution is 2.25. The van der Waals surface area contributed by atoms with E-state index in [1.54, 1.807) is 0 Å². The van der Waals surface area contributed by atoms with E-state index in [-0.39, 0.29) is 0 Å². The fourth-order valence-corrected chi connectivity index (χ4v) is 2.70. The molecule has 0 radical (unpaired) electrons. The Morgan fingerprint density at radius 3 is 2.47 bits per heavy atom. The van der Waals surface area contributed by atoms with Gasteiger partial charge < -0.3 is 0 Å². The number of aliphatic imine (C=N–C) groups is 1. The first-order valence-corrected chi connectivity index (χ1v) is 7.19. The summed E-state index contributed by atoms with van der Waals surface area (Å²) in [5.74, 6) is 0. The number of nitrogens with zero attached hydrogens (tertiary/aromatic N) is 1. The highest BCUT2D eigenvalue weighted by Gasteiger charge is 2.15.